The van der Waals surface area contributed by atoms with Gasteiger partial charge in [-0.3, -0.25) is 24.2 Å². The second-order valence-electron chi connectivity index (χ2n) is 5.10. The molecule has 0 radical (unpaired) electrons. The Morgan fingerprint density at radius 2 is 1.65 bits per heavy atom. The highest BCUT2D eigenvalue weighted by Gasteiger charge is 2.37. The van der Waals surface area contributed by atoms with Gasteiger partial charge >= 0.3 is 5.97 Å². The maximum atomic E-state index is 12.1. The van der Waals surface area contributed by atoms with Gasteiger partial charge < -0.3 is 5.11 Å². The van der Waals surface area contributed by atoms with Crippen LogP contribution in [0.5, 0.6) is 0 Å². The smallest absolute Gasteiger partial charge is 0.309 e. The first-order valence-electron chi connectivity index (χ1n) is 6.48. The number of aliphatic carboxylic acids is 1. The lowest BCUT2D eigenvalue weighted by Gasteiger charge is -2.37. The first-order valence-corrected chi connectivity index (χ1v) is 6.48. The van der Waals surface area contributed by atoms with Crippen LogP contribution in [0.3, 0.4) is 0 Å². The minimum Gasteiger partial charge on any atom is -0.481 e. The van der Waals surface area contributed by atoms with E-state index in [4.69, 9.17) is 5.11 Å². The Hall–Kier alpha value is -2.21. The minimum absolute atomic E-state index is 0.263. The van der Waals surface area contributed by atoms with E-state index < -0.39 is 5.97 Å². The lowest BCUT2D eigenvalue weighted by Crippen LogP contribution is -2.52. The van der Waals surface area contributed by atoms with Crippen molar-refractivity contribution in [1.82, 2.24) is 9.80 Å². The van der Waals surface area contributed by atoms with Gasteiger partial charge in [0.1, 0.15) is 0 Å². The molecule has 0 aliphatic carbocycles. The molecule has 6 nitrogen and oxygen atoms in total. The lowest BCUT2D eigenvalue weighted by molar-refractivity contribution is -0.147. The normalized spacial score (nSPS) is 19.1. The molecule has 3 rings (SSSR count). The SMILES string of the molecule is O=C(O)C1CN(CCN2C(=O)c3ccccc3C2=O)C1. The first-order chi connectivity index (χ1) is 9.58. The number of benzene rings is 1. The molecule has 1 saturated heterocycles. The van der Waals surface area contributed by atoms with Crippen LogP contribution in [0.25, 0.3) is 0 Å². The van der Waals surface area contributed by atoms with E-state index >= 15 is 0 Å². The number of carbonyl (C=O) groups excluding carboxylic acids is 2. The molecular weight excluding hydrogens is 260 g/mol. The Bertz CT molecular complexity index is 558. The first kappa shape index (κ1) is 12.8. The molecule has 1 aromatic carbocycles. The summed E-state index contributed by atoms with van der Waals surface area (Å²) in [6.07, 6.45) is 0. The third-order valence-corrected chi connectivity index (χ3v) is 3.82. The van der Waals surface area contributed by atoms with Gasteiger partial charge in [-0.05, 0) is 12.1 Å². The summed E-state index contributed by atoms with van der Waals surface area (Å²) in [6, 6.07) is 6.78. The summed E-state index contributed by atoms with van der Waals surface area (Å²) in [5.41, 5.74) is 0.897. The van der Waals surface area contributed by atoms with Crippen molar-refractivity contribution < 1.29 is 19.5 Å². The second-order valence-corrected chi connectivity index (χ2v) is 5.10. The fraction of sp³-hybridized carbons (Fsp3) is 0.357. The van der Waals surface area contributed by atoms with E-state index in [9.17, 15) is 14.4 Å². The number of likely N-dealkylation sites (tertiary alicyclic amines) is 1. The zero-order valence-electron chi connectivity index (χ0n) is 10.8. The van der Waals surface area contributed by atoms with Crippen molar-refractivity contribution >= 4 is 17.8 Å². The van der Waals surface area contributed by atoms with Crippen molar-refractivity contribution in [3.05, 3.63) is 35.4 Å². The molecular formula is C14H14N2O4. The van der Waals surface area contributed by atoms with E-state index in [1.54, 1.807) is 24.3 Å². The van der Waals surface area contributed by atoms with Crippen LogP contribution in [-0.4, -0.2) is 58.9 Å². The summed E-state index contributed by atoms with van der Waals surface area (Å²) in [5.74, 6) is -1.64. The number of amides is 2. The van der Waals surface area contributed by atoms with Gasteiger partial charge in [0.2, 0.25) is 0 Å². The monoisotopic (exact) mass is 274 g/mol. The molecule has 20 heavy (non-hydrogen) atoms. The van der Waals surface area contributed by atoms with Gasteiger partial charge in [-0.1, -0.05) is 12.1 Å². The third-order valence-electron chi connectivity index (χ3n) is 3.82. The van der Waals surface area contributed by atoms with Gasteiger partial charge in [0.05, 0.1) is 17.0 Å². The quantitative estimate of drug-likeness (QED) is 0.799. The lowest BCUT2D eigenvalue weighted by atomic mass is 10.0. The van der Waals surface area contributed by atoms with Crippen molar-refractivity contribution in [2.75, 3.05) is 26.2 Å². The van der Waals surface area contributed by atoms with Crippen LogP contribution in [0.2, 0.25) is 0 Å². The summed E-state index contributed by atoms with van der Waals surface area (Å²) in [6.45, 7) is 1.80. The Labute approximate surface area is 115 Å². The molecule has 104 valence electrons. The van der Waals surface area contributed by atoms with E-state index in [2.05, 4.69) is 0 Å². The van der Waals surface area contributed by atoms with Crippen molar-refractivity contribution in [2.45, 2.75) is 0 Å². The highest BCUT2D eigenvalue weighted by atomic mass is 16.4. The molecule has 0 bridgehead atoms. The van der Waals surface area contributed by atoms with Crippen LogP contribution >= 0.6 is 0 Å². The van der Waals surface area contributed by atoms with E-state index in [-0.39, 0.29) is 17.7 Å². The van der Waals surface area contributed by atoms with Crippen LogP contribution in [0.1, 0.15) is 20.7 Å². The maximum Gasteiger partial charge on any atom is 0.309 e. The highest BCUT2D eigenvalue weighted by Crippen LogP contribution is 2.23. The number of carbonyl (C=O) groups is 3. The minimum atomic E-state index is -0.790. The Balaban J connectivity index is 1.59. The molecule has 1 N–H and O–H groups in total. The number of nitrogens with zero attached hydrogens (tertiary/aromatic N) is 2. The summed E-state index contributed by atoms with van der Waals surface area (Å²) >= 11 is 0. The molecule has 0 saturated carbocycles. The van der Waals surface area contributed by atoms with Gasteiger partial charge in [-0.25, -0.2) is 0 Å². The number of carboxylic acid groups (broad SMARTS) is 1. The Kier molecular flexibility index (Phi) is 3.02. The van der Waals surface area contributed by atoms with E-state index in [1.165, 1.54) is 4.90 Å². The largest absolute Gasteiger partial charge is 0.481 e. The van der Waals surface area contributed by atoms with Gasteiger partial charge in [0, 0.05) is 26.2 Å². The maximum absolute atomic E-state index is 12.1. The standard InChI is InChI=1S/C14H14N2O4/c17-12-10-3-1-2-4-11(10)13(18)16(12)6-5-15-7-9(8-15)14(19)20/h1-4,9H,5-8H2,(H,19,20). The number of rotatable bonds is 4. The molecule has 1 aromatic rings. The molecule has 0 spiro atoms. The van der Waals surface area contributed by atoms with Crippen LogP contribution < -0.4 is 0 Å². The van der Waals surface area contributed by atoms with Gasteiger partial charge in [-0.15, -0.1) is 0 Å². The summed E-state index contributed by atoms with van der Waals surface area (Å²) < 4.78 is 0. The van der Waals surface area contributed by atoms with Crippen molar-refractivity contribution in [3.63, 3.8) is 0 Å². The van der Waals surface area contributed by atoms with Gasteiger partial charge in [-0.2, -0.15) is 0 Å². The summed E-state index contributed by atoms with van der Waals surface area (Å²) in [4.78, 5) is 38.0. The molecule has 2 heterocycles. The zero-order valence-corrected chi connectivity index (χ0v) is 10.8. The topological polar surface area (TPSA) is 77.9 Å². The predicted octanol–water partition coefficient (Wildman–Crippen LogP) is 0.299. The molecule has 2 aliphatic heterocycles. The summed E-state index contributed by atoms with van der Waals surface area (Å²) in [5, 5.41) is 8.79. The number of fused-ring (bicyclic) bond motifs is 1. The Morgan fingerprint density at radius 1 is 1.10 bits per heavy atom. The number of imide groups is 1. The fourth-order valence-electron chi connectivity index (χ4n) is 2.59. The van der Waals surface area contributed by atoms with Gasteiger partial charge in [0.25, 0.3) is 11.8 Å². The number of hydrogen-bond donors (Lipinski definition) is 1. The molecule has 0 atom stereocenters. The predicted molar refractivity (Wildman–Crippen MR) is 69.4 cm³/mol. The van der Waals surface area contributed by atoms with Crippen molar-refractivity contribution in [3.8, 4) is 0 Å². The fourth-order valence-corrected chi connectivity index (χ4v) is 2.59. The van der Waals surface area contributed by atoms with Crippen LogP contribution in [-0.2, 0) is 4.79 Å². The number of hydrogen-bond acceptors (Lipinski definition) is 4. The zero-order chi connectivity index (χ0) is 14.3. The van der Waals surface area contributed by atoms with Crippen LogP contribution in [0.4, 0.5) is 0 Å². The van der Waals surface area contributed by atoms with Gasteiger partial charge in [0.15, 0.2) is 0 Å². The molecule has 2 amide bonds. The molecule has 0 aromatic heterocycles. The molecule has 0 unspecified atom stereocenters. The second kappa shape index (κ2) is 4.72. The third kappa shape index (κ3) is 1.98. The molecule has 2 aliphatic rings. The molecule has 1 fully saturated rings. The highest BCUT2D eigenvalue weighted by molar-refractivity contribution is 6.21. The van der Waals surface area contributed by atoms with Crippen molar-refractivity contribution in [2.24, 2.45) is 5.92 Å². The van der Waals surface area contributed by atoms with E-state index in [0.717, 1.165) is 0 Å². The number of carboxylic acids is 1. The summed E-state index contributed by atoms with van der Waals surface area (Å²) in [7, 11) is 0. The average Bonchev–Trinajstić information content (AvgIpc) is 2.62. The Morgan fingerprint density at radius 3 is 2.15 bits per heavy atom. The van der Waals surface area contributed by atoms with Crippen molar-refractivity contribution in [1.29, 1.82) is 0 Å². The molecule has 6 heteroatoms. The average molecular weight is 274 g/mol. The van der Waals surface area contributed by atoms with E-state index in [0.29, 0.717) is 37.3 Å². The van der Waals surface area contributed by atoms with Crippen LogP contribution in [0.15, 0.2) is 24.3 Å². The van der Waals surface area contributed by atoms with Crippen LogP contribution in [0, 0.1) is 5.92 Å². The van der Waals surface area contributed by atoms with E-state index in [1.807, 2.05) is 4.90 Å².